The van der Waals surface area contributed by atoms with Gasteiger partial charge >= 0.3 is 0 Å². The van der Waals surface area contributed by atoms with Crippen LogP contribution in [0, 0.1) is 0 Å². The number of hydrogen-bond donors (Lipinski definition) is 1. The van der Waals surface area contributed by atoms with Crippen LogP contribution in [-0.4, -0.2) is 16.5 Å². The summed E-state index contributed by atoms with van der Waals surface area (Å²) in [6, 6.07) is 8.20. The summed E-state index contributed by atoms with van der Waals surface area (Å²) in [7, 11) is 0. The summed E-state index contributed by atoms with van der Waals surface area (Å²) < 4.78 is 1.10. The molecule has 0 aromatic heterocycles. The van der Waals surface area contributed by atoms with Crippen LogP contribution in [0.15, 0.2) is 33.7 Å². The van der Waals surface area contributed by atoms with E-state index < -0.39 is 0 Å². The number of hydrogen-bond acceptors (Lipinski definition) is 3. The zero-order chi connectivity index (χ0) is 12.3. The molecule has 0 bridgehead atoms. The van der Waals surface area contributed by atoms with E-state index in [9.17, 15) is 0 Å². The number of rotatable bonds is 3. The normalized spacial score (nSPS) is 17.9. The SMILES string of the molecule is CCC1(CC)CSC(Nc2ccc(Br)cc2)=N1. The van der Waals surface area contributed by atoms with Crippen molar-refractivity contribution in [3.05, 3.63) is 28.7 Å². The van der Waals surface area contributed by atoms with Gasteiger partial charge in [-0.2, -0.15) is 0 Å². The molecule has 1 aliphatic heterocycles. The van der Waals surface area contributed by atoms with Crippen LogP contribution in [0.2, 0.25) is 0 Å². The van der Waals surface area contributed by atoms with E-state index in [-0.39, 0.29) is 5.54 Å². The molecule has 17 heavy (non-hydrogen) atoms. The number of aliphatic imine (C=N–C) groups is 1. The molecule has 1 N–H and O–H groups in total. The van der Waals surface area contributed by atoms with E-state index in [2.05, 4.69) is 47.2 Å². The highest BCUT2D eigenvalue weighted by atomic mass is 79.9. The third kappa shape index (κ3) is 3.05. The maximum Gasteiger partial charge on any atom is 0.161 e. The fourth-order valence-corrected chi connectivity index (χ4v) is 3.41. The van der Waals surface area contributed by atoms with Crippen LogP contribution in [-0.2, 0) is 0 Å². The minimum absolute atomic E-state index is 0.155. The van der Waals surface area contributed by atoms with E-state index in [1.807, 2.05) is 23.9 Å². The van der Waals surface area contributed by atoms with Gasteiger partial charge in [-0.05, 0) is 37.1 Å². The van der Waals surface area contributed by atoms with Crippen molar-refractivity contribution in [1.82, 2.24) is 0 Å². The molecule has 0 amide bonds. The molecule has 0 saturated heterocycles. The minimum Gasteiger partial charge on any atom is -0.335 e. The number of nitrogens with zero attached hydrogens (tertiary/aromatic N) is 1. The molecule has 2 rings (SSSR count). The van der Waals surface area contributed by atoms with Crippen LogP contribution in [0.4, 0.5) is 5.69 Å². The maximum atomic E-state index is 4.83. The van der Waals surface area contributed by atoms with Gasteiger partial charge in [-0.1, -0.05) is 41.5 Å². The van der Waals surface area contributed by atoms with E-state index in [0.29, 0.717) is 0 Å². The largest absolute Gasteiger partial charge is 0.335 e. The molecule has 0 atom stereocenters. The Hall–Kier alpha value is -0.480. The number of thioether (sulfide) groups is 1. The Bertz CT molecular complexity index is 410. The molecule has 0 fully saturated rings. The topological polar surface area (TPSA) is 24.4 Å². The highest BCUT2D eigenvalue weighted by molar-refractivity contribution is 9.10. The van der Waals surface area contributed by atoms with Crippen molar-refractivity contribution in [3.8, 4) is 0 Å². The van der Waals surface area contributed by atoms with Crippen molar-refractivity contribution in [2.75, 3.05) is 11.1 Å². The molecule has 1 aromatic rings. The van der Waals surface area contributed by atoms with E-state index >= 15 is 0 Å². The second kappa shape index (κ2) is 5.44. The second-order valence-corrected chi connectivity index (χ2v) is 6.15. The van der Waals surface area contributed by atoms with Crippen molar-refractivity contribution in [2.24, 2.45) is 4.99 Å². The van der Waals surface area contributed by atoms with Gasteiger partial charge in [0, 0.05) is 15.9 Å². The second-order valence-electron chi connectivity index (χ2n) is 4.27. The van der Waals surface area contributed by atoms with E-state index in [4.69, 9.17) is 4.99 Å². The van der Waals surface area contributed by atoms with Gasteiger partial charge in [-0.3, -0.25) is 4.99 Å². The molecule has 4 heteroatoms. The molecule has 0 aliphatic carbocycles. The number of halogens is 1. The highest BCUT2D eigenvalue weighted by Crippen LogP contribution is 2.33. The summed E-state index contributed by atoms with van der Waals surface area (Å²) in [4.78, 5) is 4.83. The first-order chi connectivity index (χ1) is 8.17. The number of amidine groups is 1. The fraction of sp³-hybridized carbons (Fsp3) is 0.462. The molecule has 2 nitrogen and oxygen atoms in total. The molecular weight excluding hydrogens is 296 g/mol. The van der Waals surface area contributed by atoms with Gasteiger partial charge in [0.2, 0.25) is 0 Å². The number of nitrogens with one attached hydrogen (secondary N) is 1. The molecule has 92 valence electrons. The Kier molecular flexibility index (Phi) is 4.15. The third-order valence-electron chi connectivity index (χ3n) is 3.23. The molecule has 0 unspecified atom stereocenters. The van der Waals surface area contributed by atoms with E-state index in [0.717, 1.165) is 33.9 Å². The van der Waals surface area contributed by atoms with Gasteiger partial charge < -0.3 is 5.32 Å². The van der Waals surface area contributed by atoms with Crippen LogP contribution in [0.3, 0.4) is 0 Å². The lowest BCUT2D eigenvalue weighted by atomic mass is 9.97. The molecule has 1 aliphatic rings. The van der Waals surface area contributed by atoms with Crippen LogP contribution in [0.5, 0.6) is 0 Å². The Morgan fingerprint density at radius 3 is 2.47 bits per heavy atom. The predicted octanol–water partition coefficient (Wildman–Crippen LogP) is 4.52. The first kappa shape index (κ1) is 13.0. The van der Waals surface area contributed by atoms with Crippen molar-refractivity contribution < 1.29 is 0 Å². The standard InChI is InChI=1S/C13H17BrN2S/c1-3-13(4-2)9-17-12(16-13)15-11-7-5-10(14)6-8-11/h5-8H,3-4,9H2,1-2H3,(H,15,16). The number of benzene rings is 1. The lowest BCUT2D eigenvalue weighted by Crippen LogP contribution is -2.24. The molecule has 0 spiro atoms. The average molecular weight is 313 g/mol. The van der Waals surface area contributed by atoms with Crippen molar-refractivity contribution in [3.63, 3.8) is 0 Å². The zero-order valence-electron chi connectivity index (χ0n) is 10.2. The van der Waals surface area contributed by atoms with Gasteiger partial charge in [0.05, 0.1) is 5.54 Å². The molecule has 1 aromatic carbocycles. The van der Waals surface area contributed by atoms with Gasteiger partial charge in [-0.15, -0.1) is 0 Å². The molecular formula is C13H17BrN2S. The summed E-state index contributed by atoms with van der Waals surface area (Å²) in [6.45, 7) is 4.44. The summed E-state index contributed by atoms with van der Waals surface area (Å²) in [5.74, 6) is 1.10. The Morgan fingerprint density at radius 1 is 1.29 bits per heavy atom. The predicted molar refractivity (Wildman–Crippen MR) is 81.0 cm³/mol. The number of anilines is 1. The van der Waals surface area contributed by atoms with Crippen LogP contribution in [0.25, 0.3) is 0 Å². The van der Waals surface area contributed by atoms with Crippen molar-refractivity contribution in [2.45, 2.75) is 32.2 Å². The van der Waals surface area contributed by atoms with Crippen LogP contribution >= 0.6 is 27.7 Å². The quantitative estimate of drug-likeness (QED) is 0.887. The fourth-order valence-electron chi connectivity index (χ4n) is 1.82. The lowest BCUT2D eigenvalue weighted by Gasteiger charge is -2.20. The van der Waals surface area contributed by atoms with Crippen LogP contribution < -0.4 is 5.32 Å². The highest BCUT2D eigenvalue weighted by Gasteiger charge is 2.31. The summed E-state index contributed by atoms with van der Waals surface area (Å²) >= 11 is 5.26. The maximum absolute atomic E-state index is 4.83. The van der Waals surface area contributed by atoms with Gasteiger partial charge in [-0.25, -0.2) is 0 Å². The summed E-state index contributed by atoms with van der Waals surface area (Å²) in [5, 5.41) is 4.44. The average Bonchev–Trinajstić information content (AvgIpc) is 2.76. The van der Waals surface area contributed by atoms with Gasteiger partial charge in [0.25, 0.3) is 0 Å². The van der Waals surface area contributed by atoms with Gasteiger partial charge in [0.1, 0.15) is 0 Å². The van der Waals surface area contributed by atoms with Gasteiger partial charge in [0.15, 0.2) is 5.17 Å². The van der Waals surface area contributed by atoms with E-state index in [1.165, 1.54) is 0 Å². The minimum atomic E-state index is 0.155. The molecule has 0 radical (unpaired) electrons. The summed E-state index contributed by atoms with van der Waals surface area (Å²) in [6.07, 6.45) is 2.23. The monoisotopic (exact) mass is 312 g/mol. The van der Waals surface area contributed by atoms with Crippen molar-refractivity contribution >= 4 is 38.5 Å². The smallest absolute Gasteiger partial charge is 0.161 e. The molecule has 1 heterocycles. The first-order valence-electron chi connectivity index (χ1n) is 5.93. The lowest BCUT2D eigenvalue weighted by molar-refractivity contribution is 0.456. The Labute approximate surface area is 115 Å². The summed E-state index contributed by atoms with van der Waals surface area (Å²) in [5.41, 5.74) is 1.25. The van der Waals surface area contributed by atoms with Crippen LogP contribution in [0.1, 0.15) is 26.7 Å². The zero-order valence-corrected chi connectivity index (χ0v) is 12.6. The Balaban J connectivity index is 2.08. The van der Waals surface area contributed by atoms with E-state index in [1.54, 1.807) is 0 Å². The third-order valence-corrected chi connectivity index (χ3v) is 4.91. The molecule has 0 saturated carbocycles. The Morgan fingerprint density at radius 2 is 1.94 bits per heavy atom. The van der Waals surface area contributed by atoms with Crippen molar-refractivity contribution in [1.29, 1.82) is 0 Å². The first-order valence-corrected chi connectivity index (χ1v) is 7.70.